The van der Waals surface area contributed by atoms with Crippen molar-refractivity contribution in [3.63, 3.8) is 0 Å². The second kappa shape index (κ2) is 7.84. The molecule has 1 saturated carbocycles. The van der Waals surface area contributed by atoms with Crippen LogP contribution in [0, 0.1) is 5.92 Å². The van der Waals surface area contributed by atoms with Crippen molar-refractivity contribution in [1.82, 2.24) is 4.40 Å². The normalized spacial score (nSPS) is 17.0. The fourth-order valence-corrected chi connectivity index (χ4v) is 5.82. The third-order valence-electron chi connectivity index (χ3n) is 5.89. The molecule has 2 aromatic heterocycles. The highest BCUT2D eigenvalue weighted by atomic mass is 32.2. The Kier molecular flexibility index (Phi) is 5.17. The van der Waals surface area contributed by atoms with E-state index in [-0.39, 0.29) is 33.4 Å². The molecule has 0 spiro atoms. The molecule has 1 aromatic carbocycles. The van der Waals surface area contributed by atoms with E-state index in [0.717, 1.165) is 31.6 Å². The Morgan fingerprint density at radius 2 is 2.00 bits per heavy atom. The number of sulfonamides is 2. The molecule has 0 bridgehead atoms. The minimum absolute atomic E-state index is 0.0567. The molecule has 3 heterocycles. The monoisotopic (exact) mass is 502 g/mol. The maximum atomic E-state index is 13.3. The van der Waals surface area contributed by atoms with E-state index >= 15 is 0 Å². The van der Waals surface area contributed by atoms with Crippen LogP contribution in [0.25, 0.3) is 5.52 Å². The minimum atomic E-state index is -4.30. The first kappa shape index (κ1) is 22.4. The van der Waals surface area contributed by atoms with Gasteiger partial charge in [0.15, 0.2) is 5.84 Å². The van der Waals surface area contributed by atoms with Gasteiger partial charge in [0.05, 0.1) is 17.5 Å². The molecule has 5 rings (SSSR count). The van der Waals surface area contributed by atoms with Crippen LogP contribution < -0.4 is 15.6 Å². The Balaban J connectivity index is 1.64. The van der Waals surface area contributed by atoms with Gasteiger partial charge in [-0.2, -0.15) is 8.42 Å². The molecule has 0 radical (unpaired) electrons. The summed E-state index contributed by atoms with van der Waals surface area (Å²) < 4.78 is 56.3. The van der Waals surface area contributed by atoms with Crippen LogP contribution in [0.5, 0.6) is 5.75 Å². The summed E-state index contributed by atoms with van der Waals surface area (Å²) in [5, 5.41) is 14.0. The van der Waals surface area contributed by atoms with Crippen LogP contribution in [0.1, 0.15) is 30.4 Å². The standard InChI is InChI=1S/C22H22N4O6S2/c1-33(29,30)24-14-8-10-16-18(12-14)34(31,32)25-21(23-16)19-20(27)15(9-7-13-5-6-13)17-4-2-3-11-26(17)22(19)28/h2-4,8,10-13,24,27H,5-7,9H2,1H3,(H,23,25). The number of nitrogens with zero attached hydrogens (tertiary/aromatic N) is 2. The maximum absolute atomic E-state index is 13.3. The molecule has 2 aliphatic rings. The van der Waals surface area contributed by atoms with Gasteiger partial charge in [-0.05, 0) is 49.1 Å². The Bertz CT molecular complexity index is 1640. The summed E-state index contributed by atoms with van der Waals surface area (Å²) in [5.41, 5.74) is 0.445. The Morgan fingerprint density at radius 3 is 2.71 bits per heavy atom. The molecule has 1 fully saturated rings. The zero-order chi connectivity index (χ0) is 24.3. The number of rotatable bonds is 6. The Labute approximate surface area is 196 Å². The number of benzene rings is 1. The summed E-state index contributed by atoms with van der Waals surface area (Å²) in [5.74, 6) is 0.00698. The fourth-order valence-electron chi connectivity index (χ4n) is 4.12. The number of aryl methyl sites for hydroxylation is 1. The number of anilines is 2. The number of nitrogens with one attached hydrogen (secondary N) is 2. The fraction of sp³-hybridized carbons (Fsp3) is 0.273. The van der Waals surface area contributed by atoms with Crippen LogP contribution in [0.3, 0.4) is 0 Å². The van der Waals surface area contributed by atoms with E-state index in [0.29, 0.717) is 23.4 Å². The summed E-state index contributed by atoms with van der Waals surface area (Å²) in [4.78, 5) is 13.0. The lowest BCUT2D eigenvalue weighted by molar-refractivity contribution is 0.464. The summed E-state index contributed by atoms with van der Waals surface area (Å²) in [7, 11) is -7.92. The first-order chi connectivity index (χ1) is 16.0. The van der Waals surface area contributed by atoms with E-state index in [1.807, 2.05) is 0 Å². The van der Waals surface area contributed by atoms with Crippen molar-refractivity contribution in [3.05, 3.63) is 64.1 Å². The highest BCUT2D eigenvalue weighted by molar-refractivity contribution is 7.92. The number of hydrogen-bond donors (Lipinski definition) is 3. The van der Waals surface area contributed by atoms with Crippen LogP contribution in [-0.4, -0.2) is 38.4 Å². The molecule has 34 heavy (non-hydrogen) atoms. The topological polar surface area (TPSA) is 146 Å². The lowest BCUT2D eigenvalue weighted by Gasteiger charge is -2.21. The van der Waals surface area contributed by atoms with Crippen LogP contribution >= 0.6 is 0 Å². The van der Waals surface area contributed by atoms with Crippen molar-refractivity contribution in [2.75, 3.05) is 16.3 Å². The number of aromatic nitrogens is 1. The number of aromatic hydroxyl groups is 1. The van der Waals surface area contributed by atoms with E-state index in [1.165, 1.54) is 16.5 Å². The predicted molar refractivity (Wildman–Crippen MR) is 129 cm³/mol. The average Bonchev–Trinajstić information content (AvgIpc) is 3.57. The van der Waals surface area contributed by atoms with Gasteiger partial charge < -0.3 is 10.4 Å². The summed E-state index contributed by atoms with van der Waals surface area (Å²) in [6, 6.07) is 9.10. The third-order valence-corrected chi connectivity index (χ3v) is 7.81. The van der Waals surface area contributed by atoms with Crippen molar-refractivity contribution in [2.45, 2.75) is 30.6 Å². The number of pyridine rings is 2. The third kappa shape index (κ3) is 4.14. The molecule has 1 aliphatic carbocycles. The van der Waals surface area contributed by atoms with Gasteiger partial charge in [0.2, 0.25) is 10.0 Å². The average molecular weight is 503 g/mol. The molecule has 3 N–H and O–H groups in total. The molecule has 3 aromatic rings. The van der Waals surface area contributed by atoms with Crippen molar-refractivity contribution in [1.29, 1.82) is 0 Å². The Hall–Kier alpha value is -3.38. The van der Waals surface area contributed by atoms with Crippen LogP contribution in [-0.2, 0) is 26.5 Å². The molecule has 0 saturated heterocycles. The SMILES string of the molecule is CS(=O)(=O)Nc1ccc2c(c1)S(=O)(=O)N=C(c1c(O)c(CCC3CC3)c3ccccn3c1=O)N2. The van der Waals surface area contributed by atoms with Gasteiger partial charge in [0.25, 0.3) is 15.6 Å². The van der Waals surface area contributed by atoms with Gasteiger partial charge in [-0.25, -0.2) is 8.42 Å². The molecular formula is C22H22N4O6S2. The molecule has 0 atom stereocenters. The van der Waals surface area contributed by atoms with Gasteiger partial charge in [-0.15, -0.1) is 4.40 Å². The lowest BCUT2D eigenvalue weighted by atomic mass is 10.0. The minimum Gasteiger partial charge on any atom is -0.507 e. The van der Waals surface area contributed by atoms with Crippen molar-refractivity contribution in [2.24, 2.45) is 10.3 Å². The van der Waals surface area contributed by atoms with E-state index in [4.69, 9.17) is 0 Å². The van der Waals surface area contributed by atoms with Gasteiger partial charge in [0, 0.05) is 17.4 Å². The highest BCUT2D eigenvalue weighted by Gasteiger charge is 2.31. The highest BCUT2D eigenvalue weighted by Crippen LogP contribution is 2.37. The van der Waals surface area contributed by atoms with Gasteiger partial charge in [-0.3, -0.25) is 13.9 Å². The van der Waals surface area contributed by atoms with Gasteiger partial charge >= 0.3 is 0 Å². The van der Waals surface area contributed by atoms with E-state index < -0.39 is 25.6 Å². The quantitative estimate of drug-likeness (QED) is 0.469. The second-order valence-electron chi connectivity index (χ2n) is 8.57. The largest absolute Gasteiger partial charge is 0.507 e. The summed E-state index contributed by atoms with van der Waals surface area (Å²) in [6.45, 7) is 0. The van der Waals surface area contributed by atoms with Crippen molar-refractivity contribution < 1.29 is 21.9 Å². The van der Waals surface area contributed by atoms with Gasteiger partial charge in [-0.1, -0.05) is 18.9 Å². The molecular weight excluding hydrogens is 480 g/mol. The van der Waals surface area contributed by atoms with Gasteiger partial charge in [0.1, 0.15) is 16.2 Å². The zero-order valence-electron chi connectivity index (χ0n) is 18.1. The Morgan fingerprint density at radius 1 is 1.24 bits per heavy atom. The number of amidine groups is 1. The predicted octanol–water partition coefficient (Wildman–Crippen LogP) is 2.28. The first-order valence-corrected chi connectivity index (χ1v) is 14.0. The molecule has 1 aliphatic heterocycles. The van der Waals surface area contributed by atoms with Crippen molar-refractivity contribution >= 4 is 42.8 Å². The lowest BCUT2D eigenvalue weighted by Crippen LogP contribution is -2.31. The molecule has 0 unspecified atom stereocenters. The van der Waals surface area contributed by atoms with Crippen molar-refractivity contribution in [3.8, 4) is 5.75 Å². The zero-order valence-corrected chi connectivity index (χ0v) is 19.8. The summed E-state index contributed by atoms with van der Waals surface area (Å²) >= 11 is 0. The molecule has 12 heteroatoms. The number of hydrogen-bond acceptors (Lipinski definition) is 7. The van der Waals surface area contributed by atoms with Crippen LogP contribution in [0.4, 0.5) is 11.4 Å². The molecule has 10 nitrogen and oxygen atoms in total. The second-order valence-corrected chi connectivity index (χ2v) is 11.9. The molecule has 178 valence electrons. The van der Waals surface area contributed by atoms with E-state index in [1.54, 1.807) is 24.4 Å². The first-order valence-electron chi connectivity index (χ1n) is 10.6. The summed E-state index contributed by atoms with van der Waals surface area (Å²) in [6.07, 6.45) is 6.18. The molecule has 0 amide bonds. The number of fused-ring (bicyclic) bond motifs is 2. The van der Waals surface area contributed by atoms with E-state index in [9.17, 15) is 26.7 Å². The maximum Gasteiger partial charge on any atom is 0.286 e. The van der Waals surface area contributed by atoms with Crippen LogP contribution in [0.2, 0.25) is 0 Å². The van der Waals surface area contributed by atoms with Crippen LogP contribution in [0.15, 0.2) is 56.7 Å². The smallest absolute Gasteiger partial charge is 0.286 e. The van der Waals surface area contributed by atoms with E-state index in [2.05, 4.69) is 14.4 Å².